The maximum Gasteiger partial charge on any atom is 0.228 e. The summed E-state index contributed by atoms with van der Waals surface area (Å²) < 4.78 is 5.57. The largest absolute Gasteiger partial charge is 0.492 e. The van der Waals surface area contributed by atoms with Crippen LogP contribution >= 0.6 is 0 Å². The highest BCUT2D eigenvalue weighted by Gasteiger charge is 2.08. The van der Waals surface area contributed by atoms with Crippen LogP contribution in [0.5, 0.6) is 5.75 Å². The minimum absolute atomic E-state index is 0.0482. The highest BCUT2D eigenvalue weighted by atomic mass is 16.5. The molecule has 1 rings (SSSR count). The van der Waals surface area contributed by atoms with Gasteiger partial charge in [-0.1, -0.05) is 13.8 Å². The second kappa shape index (κ2) is 6.96. The smallest absolute Gasteiger partial charge is 0.228 e. The number of hydrogen-bond acceptors (Lipinski definition) is 4. The molecular weight excluding hydrogens is 230 g/mol. The van der Waals surface area contributed by atoms with Gasteiger partial charge in [-0.3, -0.25) is 4.79 Å². The Kier molecular flexibility index (Phi) is 5.58. The molecule has 1 heterocycles. The van der Waals surface area contributed by atoms with Crippen molar-refractivity contribution < 1.29 is 9.53 Å². The predicted molar refractivity (Wildman–Crippen MR) is 71.8 cm³/mol. The molecule has 1 N–H and O–H groups in total. The number of aromatic nitrogens is 1. The first kappa shape index (κ1) is 14.4. The van der Waals surface area contributed by atoms with Gasteiger partial charge in [0.1, 0.15) is 18.2 Å². The average Bonchev–Trinajstić information content (AvgIpc) is 2.28. The molecule has 0 unspecified atom stereocenters. The summed E-state index contributed by atoms with van der Waals surface area (Å²) in [5.74, 6) is 1.13. The molecule has 5 heteroatoms. The summed E-state index contributed by atoms with van der Waals surface area (Å²) in [5.41, 5.74) is 0. The van der Waals surface area contributed by atoms with Crippen LogP contribution in [0.4, 0.5) is 5.82 Å². The molecule has 0 bridgehead atoms. The maximum atomic E-state index is 11.5. The first-order valence-corrected chi connectivity index (χ1v) is 6.03. The predicted octanol–water partition coefficient (Wildman–Crippen LogP) is 1.62. The van der Waals surface area contributed by atoms with E-state index in [0.717, 1.165) is 6.54 Å². The van der Waals surface area contributed by atoms with Crippen molar-refractivity contribution in [3.8, 4) is 5.75 Å². The average molecular weight is 251 g/mol. The van der Waals surface area contributed by atoms with Gasteiger partial charge in [0.25, 0.3) is 0 Å². The van der Waals surface area contributed by atoms with Crippen molar-refractivity contribution >= 4 is 11.7 Å². The number of carbonyl (C=O) groups is 1. The summed E-state index contributed by atoms with van der Waals surface area (Å²) >= 11 is 0. The fourth-order valence-electron chi connectivity index (χ4n) is 1.19. The van der Waals surface area contributed by atoms with Gasteiger partial charge in [0.2, 0.25) is 5.91 Å². The first-order chi connectivity index (χ1) is 8.49. The van der Waals surface area contributed by atoms with Gasteiger partial charge in [0.15, 0.2) is 0 Å². The Balaban J connectivity index is 2.54. The lowest BCUT2D eigenvalue weighted by Gasteiger charge is -2.12. The molecule has 0 saturated carbocycles. The van der Waals surface area contributed by atoms with Crippen LogP contribution < -0.4 is 10.1 Å². The molecule has 0 spiro atoms. The van der Waals surface area contributed by atoms with Gasteiger partial charge in [0.05, 0.1) is 0 Å². The number of anilines is 1. The number of ether oxygens (including phenoxy) is 1. The number of carbonyl (C=O) groups excluding carboxylic acids is 1. The molecular formula is C13H21N3O2. The molecule has 0 aliphatic carbocycles. The second-order valence-electron chi connectivity index (χ2n) is 4.67. The van der Waals surface area contributed by atoms with E-state index in [4.69, 9.17) is 4.74 Å². The number of hydrogen-bond donors (Lipinski definition) is 1. The Bertz CT molecular complexity index is 392. The van der Waals surface area contributed by atoms with Gasteiger partial charge in [-0.05, 0) is 20.2 Å². The standard InChI is InChI=1S/C13H21N3O2/c1-10(2)13(17)15-12-9-11(5-6-14-12)18-8-7-16(3)4/h5-6,9-10H,7-8H2,1-4H3,(H,14,15,17). The molecule has 0 aliphatic rings. The first-order valence-electron chi connectivity index (χ1n) is 6.03. The molecule has 1 aromatic rings. The van der Waals surface area contributed by atoms with Crippen LogP contribution in [0.1, 0.15) is 13.8 Å². The lowest BCUT2D eigenvalue weighted by atomic mass is 10.2. The molecule has 5 nitrogen and oxygen atoms in total. The van der Waals surface area contributed by atoms with Crippen molar-refractivity contribution in [2.45, 2.75) is 13.8 Å². The molecule has 1 aromatic heterocycles. The summed E-state index contributed by atoms with van der Waals surface area (Å²) in [5, 5.41) is 2.74. The van der Waals surface area contributed by atoms with Crippen LogP contribution in [0, 0.1) is 5.92 Å². The zero-order valence-electron chi connectivity index (χ0n) is 11.4. The summed E-state index contributed by atoms with van der Waals surface area (Å²) in [6.07, 6.45) is 1.63. The highest BCUT2D eigenvalue weighted by Crippen LogP contribution is 2.15. The SMILES string of the molecule is CC(C)C(=O)Nc1cc(OCCN(C)C)ccn1. The number of nitrogens with one attached hydrogen (secondary N) is 1. The molecule has 0 saturated heterocycles. The Morgan fingerprint density at radius 3 is 2.83 bits per heavy atom. The van der Waals surface area contributed by atoms with Crippen LogP contribution in [0.15, 0.2) is 18.3 Å². The van der Waals surface area contributed by atoms with E-state index in [1.54, 1.807) is 18.3 Å². The normalized spacial score (nSPS) is 10.8. The number of nitrogens with zero attached hydrogens (tertiary/aromatic N) is 2. The van der Waals surface area contributed by atoms with E-state index in [1.165, 1.54) is 0 Å². The van der Waals surface area contributed by atoms with Crippen LogP contribution in [-0.4, -0.2) is 43.0 Å². The topological polar surface area (TPSA) is 54.5 Å². The number of amides is 1. The number of likely N-dealkylation sites (N-methyl/N-ethyl adjacent to an activating group) is 1. The molecule has 100 valence electrons. The van der Waals surface area contributed by atoms with Crippen molar-refractivity contribution in [3.05, 3.63) is 18.3 Å². The van der Waals surface area contributed by atoms with Gasteiger partial charge in [-0.25, -0.2) is 4.98 Å². The van der Waals surface area contributed by atoms with Crippen molar-refractivity contribution in [1.29, 1.82) is 0 Å². The Morgan fingerprint density at radius 2 is 2.22 bits per heavy atom. The lowest BCUT2D eigenvalue weighted by molar-refractivity contribution is -0.118. The summed E-state index contributed by atoms with van der Waals surface area (Å²) in [6, 6.07) is 3.51. The van der Waals surface area contributed by atoms with Crippen molar-refractivity contribution in [1.82, 2.24) is 9.88 Å². The van der Waals surface area contributed by atoms with Crippen molar-refractivity contribution in [2.75, 3.05) is 32.6 Å². The molecule has 0 aliphatic heterocycles. The molecule has 0 radical (unpaired) electrons. The van der Waals surface area contributed by atoms with E-state index < -0.39 is 0 Å². The van der Waals surface area contributed by atoms with Crippen LogP contribution in [0.3, 0.4) is 0 Å². The van der Waals surface area contributed by atoms with E-state index in [0.29, 0.717) is 18.2 Å². The van der Waals surface area contributed by atoms with Crippen molar-refractivity contribution in [2.24, 2.45) is 5.92 Å². The van der Waals surface area contributed by atoms with Gasteiger partial charge in [-0.2, -0.15) is 0 Å². The Morgan fingerprint density at radius 1 is 1.50 bits per heavy atom. The summed E-state index contributed by atoms with van der Waals surface area (Å²) in [6.45, 7) is 5.13. The molecule has 1 amide bonds. The summed E-state index contributed by atoms with van der Waals surface area (Å²) in [7, 11) is 3.98. The highest BCUT2D eigenvalue weighted by molar-refractivity contribution is 5.91. The van der Waals surface area contributed by atoms with Gasteiger partial charge in [0, 0.05) is 24.7 Å². The second-order valence-corrected chi connectivity index (χ2v) is 4.67. The van der Waals surface area contributed by atoms with Gasteiger partial charge in [-0.15, -0.1) is 0 Å². The van der Waals surface area contributed by atoms with Crippen molar-refractivity contribution in [3.63, 3.8) is 0 Å². The molecule has 18 heavy (non-hydrogen) atoms. The Labute approximate surface area is 108 Å². The third-order valence-electron chi connectivity index (χ3n) is 2.31. The lowest BCUT2D eigenvalue weighted by Crippen LogP contribution is -2.20. The monoisotopic (exact) mass is 251 g/mol. The number of pyridine rings is 1. The van der Waals surface area contributed by atoms with E-state index in [-0.39, 0.29) is 11.8 Å². The fourth-order valence-corrected chi connectivity index (χ4v) is 1.19. The molecule has 0 aromatic carbocycles. The Hall–Kier alpha value is -1.62. The minimum Gasteiger partial charge on any atom is -0.492 e. The number of rotatable bonds is 6. The maximum absolute atomic E-state index is 11.5. The zero-order chi connectivity index (χ0) is 13.5. The third-order valence-corrected chi connectivity index (χ3v) is 2.31. The van der Waals surface area contributed by atoms with Crippen LogP contribution in [0.25, 0.3) is 0 Å². The molecule has 0 atom stereocenters. The quantitative estimate of drug-likeness (QED) is 0.834. The zero-order valence-corrected chi connectivity index (χ0v) is 11.4. The molecule has 0 fully saturated rings. The van der Waals surface area contributed by atoms with Crippen LogP contribution in [-0.2, 0) is 4.79 Å². The van der Waals surface area contributed by atoms with E-state index in [1.807, 2.05) is 32.8 Å². The van der Waals surface area contributed by atoms with Gasteiger partial charge >= 0.3 is 0 Å². The minimum atomic E-state index is -0.0647. The van der Waals surface area contributed by atoms with Crippen LogP contribution in [0.2, 0.25) is 0 Å². The third kappa shape index (κ3) is 5.14. The van der Waals surface area contributed by atoms with E-state index in [2.05, 4.69) is 10.3 Å². The summed E-state index contributed by atoms with van der Waals surface area (Å²) in [4.78, 5) is 17.7. The van der Waals surface area contributed by atoms with E-state index in [9.17, 15) is 4.79 Å². The van der Waals surface area contributed by atoms with Gasteiger partial charge < -0.3 is 15.0 Å². The van der Waals surface area contributed by atoms with E-state index >= 15 is 0 Å². The fraction of sp³-hybridized carbons (Fsp3) is 0.538.